The molecule has 0 unspecified atom stereocenters. The molecule has 0 atom stereocenters. The van der Waals surface area contributed by atoms with Crippen LogP contribution in [0.1, 0.15) is 25.7 Å². The van der Waals surface area contributed by atoms with Crippen molar-refractivity contribution >= 4 is 15.9 Å². The highest BCUT2D eigenvalue weighted by atomic mass is 79.9. The Morgan fingerprint density at radius 3 is 0.607 bits per heavy atom. The van der Waals surface area contributed by atoms with Crippen molar-refractivity contribution in [1.29, 1.82) is 0 Å². The molecule has 0 aliphatic heterocycles. The van der Waals surface area contributed by atoms with Crippen molar-refractivity contribution in [3.63, 3.8) is 0 Å². The minimum atomic E-state index is 0.321. The predicted octanol–water partition coefficient (Wildman–Crippen LogP) is 3.47. The van der Waals surface area contributed by atoms with Crippen LogP contribution in [0.5, 0.6) is 0 Å². The average molecular weight is 1290 g/mol. The number of alkyl halides is 1. The summed E-state index contributed by atoms with van der Waals surface area (Å²) in [6, 6.07) is 0. The number of hydrogen-bond donors (Lipinski definition) is 1. The molecular weight excluding hydrogens is 1180 g/mol. The van der Waals surface area contributed by atoms with E-state index in [0.717, 1.165) is 30.3 Å². The Balaban J connectivity index is 1.58. The van der Waals surface area contributed by atoms with Crippen molar-refractivity contribution in [1.82, 2.24) is 5.32 Å². The zero-order chi connectivity index (χ0) is 59.7. The zero-order valence-corrected chi connectivity index (χ0v) is 52.5. The van der Waals surface area contributed by atoms with E-state index in [1.807, 2.05) is 0 Å². The summed E-state index contributed by atoms with van der Waals surface area (Å²) in [5.41, 5.74) is 8.17. The molecule has 1 aliphatic carbocycles. The summed E-state index contributed by atoms with van der Waals surface area (Å²) >= 11 is 3.61. The highest BCUT2D eigenvalue weighted by Gasteiger charge is 2.19. The molecule has 1 aliphatic rings. The van der Waals surface area contributed by atoms with Gasteiger partial charge in [0.25, 0.3) is 0 Å². The fourth-order valence-electron chi connectivity index (χ4n) is 7.13. The first-order valence-corrected chi connectivity index (χ1v) is 31.5. The van der Waals surface area contributed by atoms with Gasteiger partial charge in [-0.25, -0.2) is 0 Å². The molecule has 0 radical (unpaired) electrons. The third-order valence-electron chi connectivity index (χ3n) is 11.6. The maximum absolute atomic E-state index is 8.17. The largest absolute Gasteiger partial charge is 0.379 e. The molecule has 0 bridgehead atoms. The van der Waals surface area contributed by atoms with E-state index in [2.05, 4.69) is 31.3 Å². The Morgan fingerprint density at radius 2 is 0.429 bits per heavy atom. The molecule has 27 nitrogen and oxygen atoms in total. The predicted molar refractivity (Wildman–Crippen MR) is 315 cm³/mol. The molecule has 0 aromatic carbocycles. The van der Waals surface area contributed by atoms with Crippen LogP contribution in [0.2, 0.25) is 0 Å². The maximum Gasteiger partial charge on any atom is 0.0701 e. The minimum Gasteiger partial charge on any atom is -0.379 e. The van der Waals surface area contributed by atoms with E-state index >= 15 is 0 Å². The van der Waals surface area contributed by atoms with Gasteiger partial charge < -0.3 is 114 Å². The zero-order valence-electron chi connectivity index (χ0n) is 50.9. The summed E-state index contributed by atoms with van der Waals surface area (Å²) in [7, 11) is 0. The summed E-state index contributed by atoms with van der Waals surface area (Å²) in [6.45, 7) is 25.2. The van der Waals surface area contributed by atoms with Crippen molar-refractivity contribution in [3.8, 4) is 0 Å². The summed E-state index contributed by atoms with van der Waals surface area (Å²) < 4.78 is 127. The SMILES string of the molecule is [N-]=[N+]=NCCOCCOCCOCCOCCOCCOCCOCCOCCOCCOCCOCCOCCOCCOCCOCCOCCOCCOCCOCCOCCOCCOCCOCCNCC1CCC(CBr)CC1. The molecule has 0 saturated heterocycles. The normalized spacial score (nSPS) is 14.5. The Morgan fingerprint density at radius 1 is 0.262 bits per heavy atom. The number of nitrogens with zero attached hydrogens (tertiary/aromatic N) is 3. The Labute approximate surface area is 510 Å². The van der Waals surface area contributed by atoms with E-state index in [0.29, 0.717) is 310 Å². The molecule has 0 amide bonds. The van der Waals surface area contributed by atoms with Gasteiger partial charge in [0.05, 0.1) is 304 Å². The summed E-state index contributed by atoms with van der Waals surface area (Å²) in [4.78, 5) is 2.65. The van der Waals surface area contributed by atoms with Crippen LogP contribution in [-0.4, -0.2) is 329 Å². The molecule has 1 fully saturated rings. The molecule has 500 valence electrons. The van der Waals surface area contributed by atoms with Gasteiger partial charge in [-0.3, -0.25) is 0 Å². The number of hydrogen-bond acceptors (Lipinski definition) is 25. The highest BCUT2D eigenvalue weighted by molar-refractivity contribution is 9.09. The van der Waals surface area contributed by atoms with Gasteiger partial charge in [-0.2, -0.15) is 0 Å². The van der Waals surface area contributed by atoms with Gasteiger partial charge in [-0.05, 0) is 49.6 Å². The summed E-state index contributed by atoms with van der Waals surface area (Å²) in [5.74, 6) is 1.69. The first-order valence-electron chi connectivity index (χ1n) is 30.4. The van der Waals surface area contributed by atoms with Gasteiger partial charge in [0, 0.05) is 23.3 Å². The van der Waals surface area contributed by atoms with Gasteiger partial charge in [-0.1, -0.05) is 21.0 Å². The topological polar surface area (TPSA) is 273 Å². The van der Waals surface area contributed by atoms with Crippen molar-refractivity contribution in [3.05, 3.63) is 10.4 Å². The number of ether oxygens (including phenoxy) is 23. The van der Waals surface area contributed by atoms with Crippen molar-refractivity contribution in [2.75, 3.05) is 329 Å². The number of azide groups is 1. The Bertz CT molecular complexity index is 1280. The van der Waals surface area contributed by atoms with Gasteiger partial charge in [-0.15, -0.1) is 0 Å². The van der Waals surface area contributed by atoms with E-state index in [9.17, 15) is 0 Å². The van der Waals surface area contributed by atoms with E-state index in [1.165, 1.54) is 25.7 Å². The van der Waals surface area contributed by atoms with E-state index < -0.39 is 0 Å². The number of halogens is 1. The Hall–Kier alpha value is -1.17. The van der Waals surface area contributed by atoms with Crippen molar-refractivity contribution in [2.24, 2.45) is 17.0 Å². The molecule has 0 aromatic rings. The average Bonchev–Trinajstić information content (AvgIpc) is 3.56. The molecule has 0 spiro atoms. The lowest BCUT2D eigenvalue weighted by Crippen LogP contribution is -2.29. The van der Waals surface area contributed by atoms with E-state index in [1.54, 1.807) is 0 Å². The monoisotopic (exact) mass is 1290 g/mol. The second kappa shape index (κ2) is 74.3. The number of nitrogens with one attached hydrogen (secondary N) is 1. The highest BCUT2D eigenvalue weighted by Crippen LogP contribution is 2.29. The molecular formula is C56H111BrN4O23. The van der Waals surface area contributed by atoms with Crippen LogP contribution in [0.25, 0.3) is 10.4 Å². The van der Waals surface area contributed by atoms with E-state index in [-0.39, 0.29) is 0 Å². The van der Waals surface area contributed by atoms with Crippen molar-refractivity contribution in [2.45, 2.75) is 25.7 Å². The first-order chi connectivity index (χ1) is 41.9. The molecule has 0 aromatic heterocycles. The molecule has 1 rings (SSSR count). The van der Waals surface area contributed by atoms with Crippen LogP contribution in [0.15, 0.2) is 5.11 Å². The lowest BCUT2D eigenvalue weighted by molar-refractivity contribution is -0.0318. The van der Waals surface area contributed by atoms with Gasteiger partial charge in [0.15, 0.2) is 0 Å². The van der Waals surface area contributed by atoms with Crippen LogP contribution in [-0.2, 0) is 109 Å². The van der Waals surface area contributed by atoms with Crippen LogP contribution >= 0.6 is 15.9 Å². The molecule has 28 heteroatoms. The quantitative estimate of drug-likeness (QED) is 0.0300. The third kappa shape index (κ3) is 68.3. The smallest absolute Gasteiger partial charge is 0.0701 e. The summed E-state index contributed by atoms with van der Waals surface area (Å²) in [6.07, 6.45) is 5.37. The fourth-order valence-corrected chi connectivity index (χ4v) is 7.78. The van der Waals surface area contributed by atoms with Gasteiger partial charge in [0.1, 0.15) is 0 Å². The lowest BCUT2D eigenvalue weighted by atomic mass is 9.83. The molecule has 1 saturated carbocycles. The minimum absolute atomic E-state index is 0.321. The van der Waals surface area contributed by atoms with Crippen LogP contribution in [0, 0.1) is 11.8 Å². The van der Waals surface area contributed by atoms with E-state index in [4.69, 9.17) is 114 Å². The van der Waals surface area contributed by atoms with Crippen LogP contribution in [0.4, 0.5) is 0 Å². The Kier molecular flexibility index (Phi) is 71.5. The molecule has 1 N–H and O–H groups in total. The summed E-state index contributed by atoms with van der Waals surface area (Å²) in [5, 5.41) is 8.06. The fraction of sp³-hybridized carbons (Fsp3) is 1.00. The molecule has 0 heterocycles. The maximum atomic E-state index is 8.17. The molecule has 84 heavy (non-hydrogen) atoms. The lowest BCUT2D eigenvalue weighted by Gasteiger charge is -2.27. The van der Waals surface area contributed by atoms with Crippen molar-refractivity contribution < 1.29 is 109 Å². The second-order valence-electron chi connectivity index (χ2n) is 18.3. The standard InChI is InChI=1S/C56H111BrN4O23/c57-53-55-1-3-56(4-2-55)54-59-5-7-62-9-11-64-13-15-66-17-19-68-21-23-70-25-27-72-29-31-74-33-35-76-37-39-78-41-43-80-45-47-82-49-51-84-52-50-83-48-46-81-44-42-79-40-38-77-36-34-75-32-30-73-28-26-71-24-22-69-20-18-67-16-14-65-12-10-63-8-6-60-61-58/h55-56,59H,1-54H2. The van der Waals surface area contributed by atoms with Gasteiger partial charge >= 0.3 is 0 Å². The first kappa shape index (κ1) is 80.8. The van der Waals surface area contributed by atoms with Gasteiger partial charge in [0.2, 0.25) is 0 Å². The van der Waals surface area contributed by atoms with Crippen LogP contribution < -0.4 is 5.32 Å². The number of rotatable bonds is 75. The third-order valence-corrected chi connectivity index (χ3v) is 12.5. The second-order valence-corrected chi connectivity index (χ2v) is 18.9. The van der Waals surface area contributed by atoms with Crippen LogP contribution in [0.3, 0.4) is 0 Å².